The molecule has 0 spiro atoms. The molecule has 0 aliphatic carbocycles. The number of para-hydroxylation sites is 1. The number of benzene rings is 1. The maximum absolute atomic E-state index is 13.9. The minimum absolute atomic E-state index is 0.0355. The van der Waals surface area contributed by atoms with E-state index in [9.17, 15) is 29.1 Å². The summed E-state index contributed by atoms with van der Waals surface area (Å²) >= 11 is 0. The third-order valence-corrected chi connectivity index (χ3v) is 9.09. The number of rotatable bonds is 22. The summed E-state index contributed by atoms with van der Waals surface area (Å²) in [4.78, 5) is 72.1. The summed E-state index contributed by atoms with van der Waals surface area (Å²) < 4.78 is 17.4. The number of esters is 1. The van der Waals surface area contributed by atoms with Crippen molar-refractivity contribution in [2.75, 3.05) is 32.9 Å². The first-order valence-corrected chi connectivity index (χ1v) is 17.6. The van der Waals surface area contributed by atoms with Crippen LogP contribution >= 0.6 is 0 Å². The van der Waals surface area contributed by atoms with Crippen LogP contribution in [0.25, 0.3) is 22.3 Å². The third-order valence-electron chi connectivity index (χ3n) is 9.09. The predicted molar refractivity (Wildman–Crippen MR) is 192 cm³/mol. The van der Waals surface area contributed by atoms with Gasteiger partial charge in [0.2, 0.25) is 0 Å². The number of pyridine rings is 2. The van der Waals surface area contributed by atoms with Crippen molar-refractivity contribution in [2.24, 2.45) is 0 Å². The maximum atomic E-state index is 13.9. The van der Waals surface area contributed by atoms with Crippen LogP contribution in [0, 0.1) is 0 Å². The van der Waals surface area contributed by atoms with Gasteiger partial charge in [-0.2, -0.15) is 0 Å². The van der Waals surface area contributed by atoms with E-state index >= 15 is 0 Å². The Labute approximate surface area is 303 Å². The first kappa shape index (κ1) is 40.3. The predicted octanol–water partition coefficient (Wildman–Crippen LogP) is 3.25. The molecule has 1 atom stereocenters. The molecular weight excluding hydrogens is 672 g/mol. The Morgan fingerprint density at radius 3 is 2.52 bits per heavy atom. The minimum atomic E-state index is -1.92. The molecule has 3 N–H and O–H groups in total. The van der Waals surface area contributed by atoms with E-state index in [2.05, 4.69) is 15.5 Å². The summed E-state index contributed by atoms with van der Waals surface area (Å²) in [5.41, 5.74) is 1.94. The van der Waals surface area contributed by atoms with Gasteiger partial charge in [-0.05, 0) is 71.6 Å². The largest absolute Gasteiger partial charge is 0.468 e. The molecule has 52 heavy (non-hydrogen) atoms. The van der Waals surface area contributed by atoms with E-state index in [4.69, 9.17) is 19.3 Å². The molecule has 3 heterocycles. The molecule has 3 aromatic rings. The van der Waals surface area contributed by atoms with E-state index < -0.39 is 28.3 Å². The molecule has 1 aromatic carbocycles. The molecule has 14 nitrogen and oxygen atoms in total. The van der Waals surface area contributed by atoms with Gasteiger partial charge >= 0.3 is 5.97 Å². The van der Waals surface area contributed by atoms with Crippen LogP contribution < -0.4 is 16.4 Å². The van der Waals surface area contributed by atoms with Crippen LogP contribution in [0.1, 0.15) is 83.4 Å². The Bertz CT molecular complexity index is 1800. The summed E-state index contributed by atoms with van der Waals surface area (Å²) in [6, 6.07) is 11.3. The van der Waals surface area contributed by atoms with E-state index in [1.54, 1.807) is 31.4 Å². The number of hydrogen-bond donors (Lipinski definition) is 3. The second-order valence-corrected chi connectivity index (χ2v) is 13.9. The van der Waals surface area contributed by atoms with Crippen molar-refractivity contribution in [3.63, 3.8) is 0 Å². The highest BCUT2D eigenvalue weighted by Gasteiger charge is 2.35. The van der Waals surface area contributed by atoms with Gasteiger partial charge in [-0.25, -0.2) is 10.5 Å². The Morgan fingerprint density at radius 2 is 1.79 bits per heavy atom. The number of ether oxygens (including phenoxy) is 3. The van der Waals surface area contributed by atoms with Crippen molar-refractivity contribution in [1.29, 1.82) is 0 Å². The molecule has 14 heteroatoms. The smallest absolute Gasteiger partial charge is 0.306 e. The standard InChI is InChI=1S/C38H50N4O10/c1-6-38(48,24-43)29-22-31-33-27(21-26-11-7-8-12-30(26)41-33)23-42(31)34(46)28(29)13-14-32(45)50-19-9-16-39-35(47)37(4,5)51-20-15-36(2,3)52-40-17-10-18-49-25-44/h7-8,11-12,21-22,24-25,40,48H,6,9-10,13-20,23H2,1-5H3,(H,39,47)/t38-/m1/s1. The highest BCUT2D eigenvalue weighted by atomic mass is 16.7. The fourth-order valence-corrected chi connectivity index (χ4v) is 5.84. The molecule has 1 aliphatic heterocycles. The molecule has 282 valence electrons. The quantitative estimate of drug-likeness (QED) is 0.0467. The van der Waals surface area contributed by atoms with Crippen molar-refractivity contribution in [3.8, 4) is 11.4 Å². The van der Waals surface area contributed by atoms with Gasteiger partial charge < -0.3 is 29.2 Å². The van der Waals surface area contributed by atoms with Crippen LogP contribution in [0.3, 0.4) is 0 Å². The molecular formula is C38H50N4O10. The molecule has 4 rings (SSSR count). The lowest BCUT2D eigenvalue weighted by Gasteiger charge is -2.28. The summed E-state index contributed by atoms with van der Waals surface area (Å²) in [7, 11) is 0. The summed E-state index contributed by atoms with van der Waals surface area (Å²) in [5, 5.41) is 15.0. The Balaban J connectivity index is 1.26. The van der Waals surface area contributed by atoms with Crippen molar-refractivity contribution >= 4 is 35.5 Å². The van der Waals surface area contributed by atoms with Gasteiger partial charge in [0, 0.05) is 48.0 Å². The fraction of sp³-hybridized carbons (Fsp3) is 0.526. The molecule has 1 aliphatic rings. The van der Waals surface area contributed by atoms with E-state index in [0.717, 1.165) is 16.5 Å². The number of aliphatic hydroxyl groups is 1. The van der Waals surface area contributed by atoms with E-state index in [1.807, 2.05) is 44.2 Å². The summed E-state index contributed by atoms with van der Waals surface area (Å²) in [5.74, 6) is -0.874. The zero-order valence-electron chi connectivity index (χ0n) is 30.6. The fourth-order valence-electron chi connectivity index (χ4n) is 5.84. The number of carbonyl (C=O) groups is 4. The Kier molecular flexibility index (Phi) is 13.8. The topological polar surface area (TPSA) is 184 Å². The number of nitrogens with zero attached hydrogens (tertiary/aromatic N) is 2. The number of hydrogen-bond acceptors (Lipinski definition) is 12. The molecule has 0 bridgehead atoms. The van der Waals surface area contributed by atoms with Gasteiger partial charge in [-0.3, -0.25) is 28.8 Å². The van der Waals surface area contributed by atoms with Crippen molar-refractivity contribution < 1.29 is 43.3 Å². The first-order chi connectivity index (χ1) is 24.7. The summed E-state index contributed by atoms with van der Waals surface area (Å²) in [6.45, 7) is 10.8. The van der Waals surface area contributed by atoms with Crippen LogP contribution in [0.2, 0.25) is 0 Å². The van der Waals surface area contributed by atoms with E-state index in [0.29, 0.717) is 56.6 Å². The monoisotopic (exact) mass is 722 g/mol. The number of fused-ring (bicyclic) bond motifs is 4. The van der Waals surface area contributed by atoms with Crippen molar-refractivity contribution in [1.82, 2.24) is 20.3 Å². The van der Waals surface area contributed by atoms with Crippen LogP contribution in [-0.4, -0.2) is 83.4 Å². The second kappa shape index (κ2) is 17.8. The lowest BCUT2D eigenvalue weighted by molar-refractivity contribution is -0.148. The van der Waals surface area contributed by atoms with Crippen molar-refractivity contribution in [3.05, 3.63) is 63.4 Å². The first-order valence-electron chi connectivity index (χ1n) is 17.6. The lowest BCUT2D eigenvalue weighted by Crippen LogP contribution is -2.45. The van der Waals surface area contributed by atoms with E-state index in [-0.39, 0.29) is 62.6 Å². The molecule has 0 saturated heterocycles. The molecule has 0 radical (unpaired) electrons. The number of hydroxylamine groups is 1. The average molecular weight is 723 g/mol. The van der Waals surface area contributed by atoms with Gasteiger partial charge in [-0.15, -0.1) is 0 Å². The Hall–Kier alpha value is -4.50. The highest BCUT2D eigenvalue weighted by Crippen LogP contribution is 2.35. The number of aldehydes is 1. The Morgan fingerprint density at radius 1 is 1.04 bits per heavy atom. The highest BCUT2D eigenvalue weighted by molar-refractivity contribution is 5.85. The van der Waals surface area contributed by atoms with Crippen molar-refractivity contribution in [2.45, 2.75) is 96.5 Å². The summed E-state index contributed by atoms with van der Waals surface area (Å²) in [6.07, 6.45) is 1.74. The van der Waals surface area contributed by atoms with Gasteiger partial charge in [0.1, 0.15) is 11.2 Å². The number of carbonyl (C=O) groups excluding carboxylic acids is 4. The zero-order valence-corrected chi connectivity index (χ0v) is 30.6. The van der Waals surface area contributed by atoms with E-state index in [1.165, 1.54) is 0 Å². The van der Waals surface area contributed by atoms with Gasteiger partial charge in [0.05, 0.1) is 48.9 Å². The lowest BCUT2D eigenvalue weighted by atomic mass is 9.87. The normalized spacial score (nSPS) is 13.6. The number of aromatic nitrogens is 2. The SMILES string of the molecule is CC[C@@](O)(C=O)c1cc2n(c(=O)c1CCC(=O)OCCCNC(=O)C(C)(C)OCCC(C)(C)ONCCCOC=O)Cc1cc3ccccc3nc1-2. The average Bonchev–Trinajstić information content (AvgIpc) is 3.48. The van der Waals surface area contributed by atoms with Gasteiger partial charge in [-0.1, -0.05) is 25.1 Å². The van der Waals surface area contributed by atoms with Crippen LogP contribution in [0.15, 0.2) is 41.2 Å². The molecule has 0 unspecified atom stereocenters. The molecule has 0 fully saturated rings. The number of amides is 1. The van der Waals surface area contributed by atoms with Crippen LogP contribution in [0.5, 0.6) is 0 Å². The van der Waals surface area contributed by atoms with Crippen LogP contribution in [0.4, 0.5) is 0 Å². The van der Waals surface area contributed by atoms with Gasteiger partial charge in [0.15, 0.2) is 6.29 Å². The zero-order chi connectivity index (χ0) is 37.9. The molecule has 1 amide bonds. The van der Waals surface area contributed by atoms with Gasteiger partial charge in [0.25, 0.3) is 17.9 Å². The third kappa shape index (κ3) is 10.1. The minimum Gasteiger partial charge on any atom is -0.468 e. The second-order valence-electron chi connectivity index (χ2n) is 13.9. The number of nitrogens with one attached hydrogen (secondary N) is 2. The molecule has 2 aromatic heterocycles. The molecule has 0 saturated carbocycles. The van der Waals surface area contributed by atoms with Crippen LogP contribution in [-0.2, 0) is 56.8 Å². The maximum Gasteiger partial charge on any atom is 0.306 e.